The summed E-state index contributed by atoms with van der Waals surface area (Å²) >= 11 is 11.8. The Morgan fingerprint density at radius 1 is 0.923 bits per heavy atom. The minimum atomic E-state index is -3.87. The SMILES string of the molecule is COC(=O)c1ccc2ccc(NS(=O)(=O)c3cc(Cl)cc(Cl)c3)cc2c1. The molecule has 26 heavy (non-hydrogen) atoms. The van der Waals surface area contributed by atoms with Crippen molar-refractivity contribution < 1.29 is 17.9 Å². The molecule has 0 amide bonds. The molecule has 0 atom stereocenters. The molecule has 1 N–H and O–H groups in total. The molecule has 5 nitrogen and oxygen atoms in total. The number of carbonyl (C=O) groups excluding carboxylic acids is 1. The van der Waals surface area contributed by atoms with Gasteiger partial charge in [0.15, 0.2) is 0 Å². The van der Waals surface area contributed by atoms with E-state index < -0.39 is 16.0 Å². The summed E-state index contributed by atoms with van der Waals surface area (Å²) in [7, 11) is -2.57. The van der Waals surface area contributed by atoms with Crippen molar-refractivity contribution in [1.82, 2.24) is 0 Å². The number of hydrogen-bond donors (Lipinski definition) is 1. The number of ether oxygens (including phenoxy) is 1. The van der Waals surface area contributed by atoms with Gasteiger partial charge in [-0.3, -0.25) is 4.72 Å². The summed E-state index contributed by atoms with van der Waals surface area (Å²) in [6.45, 7) is 0. The molecule has 0 bridgehead atoms. The number of nitrogens with one attached hydrogen (secondary N) is 1. The van der Waals surface area contributed by atoms with Crippen molar-refractivity contribution in [2.45, 2.75) is 4.90 Å². The molecule has 0 aliphatic heterocycles. The summed E-state index contributed by atoms with van der Waals surface area (Å²) in [5.74, 6) is -0.466. The first-order valence-electron chi connectivity index (χ1n) is 7.39. The van der Waals surface area contributed by atoms with Gasteiger partial charge in [-0.1, -0.05) is 35.3 Å². The van der Waals surface area contributed by atoms with E-state index >= 15 is 0 Å². The van der Waals surface area contributed by atoms with Gasteiger partial charge in [-0.05, 0) is 53.2 Å². The van der Waals surface area contributed by atoms with Crippen molar-refractivity contribution >= 4 is 55.7 Å². The number of methoxy groups -OCH3 is 1. The molecule has 0 spiro atoms. The molecule has 0 aromatic heterocycles. The highest BCUT2D eigenvalue weighted by molar-refractivity contribution is 7.92. The molecule has 8 heteroatoms. The van der Waals surface area contributed by atoms with Crippen LogP contribution in [0.4, 0.5) is 5.69 Å². The predicted molar refractivity (Wildman–Crippen MR) is 103 cm³/mol. The summed E-state index contributed by atoms with van der Waals surface area (Å²) < 4.78 is 32.3. The highest BCUT2D eigenvalue weighted by Crippen LogP contribution is 2.26. The fourth-order valence-electron chi connectivity index (χ4n) is 2.45. The Morgan fingerprint density at radius 3 is 2.23 bits per heavy atom. The Hall–Kier alpha value is -2.28. The Morgan fingerprint density at radius 2 is 1.58 bits per heavy atom. The number of hydrogen-bond acceptors (Lipinski definition) is 4. The number of anilines is 1. The zero-order valence-corrected chi connectivity index (χ0v) is 15.8. The largest absolute Gasteiger partial charge is 0.465 e. The molecule has 3 aromatic carbocycles. The van der Waals surface area contributed by atoms with Gasteiger partial charge in [0.05, 0.1) is 17.6 Å². The van der Waals surface area contributed by atoms with E-state index in [1.165, 1.54) is 25.3 Å². The normalized spacial score (nSPS) is 11.3. The van der Waals surface area contributed by atoms with Crippen LogP contribution in [0.15, 0.2) is 59.5 Å². The maximum absolute atomic E-state index is 12.6. The minimum absolute atomic E-state index is 0.0431. The molecule has 0 saturated heterocycles. The van der Waals surface area contributed by atoms with Crippen molar-refractivity contribution in [2.75, 3.05) is 11.8 Å². The fourth-order valence-corrected chi connectivity index (χ4v) is 4.23. The van der Waals surface area contributed by atoms with Crippen LogP contribution >= 0.6 is 23.2 Å². The number of rotatable bonds is 4. The zero-order chi connectivity index (χ0) is 18.9. The highest BCUT2D eigenvalue weighted by atomic mass is 35.5. The van der Waals surface area contributed by atoms with Crippen LogP contribution in [-0.4, -0.2) is 21.5 Å². The van der Waals surface area contributed by atoms with E-state index in [1.54, 1.807) is 36.4 Å². The monoisotopic (exact) mass is 409 g/mol. The van der Waals surface area contributed by atoms with E-state index in [1.807, 2.05) is 0 Å². The molecule has 0 radical (unpaired) electrons. The van der Waals surface area contributed by atoms with E-state index in [0.717, 1.165) is 5.39 Å². The lowest BCUT2D eigenvalue weighted by molar-refractivity contribution is 0.0601. The highest BCUT2D eigenvalue weighted by Gasteiger charge is 2.16. The van der Waals surface area contributed by atoms with Gasteiger partial charge in [0.25, 0.3) is 10.0 Å². The van der Waals surface area contributed by atoms with E-state index in [-0.39, 0.29) is 14.9 Å². The third-order valence-electron chi connectivity index (χ3n) is 3.66. The van der Waals surface area contributed by atoms with Crippen LogP contribution in [0, 0.1) is 0 Å². The number of carbonyl (C=O) groups is 1. The molecule has 0 aliphatic carbocycles. The molecule has 0 aliphatic rings. The van der Waals surface area contributed by atoms with E-state index in [0.29, 0.717) is 16.6 Å². The summed E-state index contributed by atoms with van der Waals surface area (Å²) in [5.41, 5.74) is 0.720. The van der Waals surface area contributed by atoms with Gasteiger partial charge in [0, 0.05) is 15.7 Å². The second kappa shape index (κ2) is 7.15. The first kappa shape index (κ1) is 18.5. The molecule has 3 aromatic rings. The van der Waals surface area contributed by atoms with E-state index in [4.69, 9.17) is 27.9 Å². The second-order valence-electron chi connectivity index (χ2n) is 5.48. The Bertz CT molecular complexity index is 1090. The van der Waals surface area contributed by atoms with Gasteiger partial charge in [-0.15, -0.1) is 0 Å². The van der Waals surface area contributed by atoms with Crippen LogP contribution in [0.5, 0.6) is 0 Å². The Kier molecular flexibility index (Phi) is 5.09. The Labute approximate surface area is 160 Å². The smallest absolute Gasteiger partial charge is 0.337 e. The van der Waals surface area contributed by atoms with Crippen molar-refractivity contribution in [1.29, 1.82) is 0 Å². The quantitative estimate of drug-likeness (QED) is 0.631. The summed E-state index contributed by atoms with van der Waals surface area (Å²) in [4.78, 5) is 11.6. The van der Waals surface area contributed by atoms with Gasteiger partial charge < -0.3 is 4.74 Å². The van der Waals surface area contributed by atoms with E-state index in [9.17, 15) is 13.2 Å². The van der Waals surface area contributed by atoms with Gasteiger partial charge in [0.2, 0.25) is 0 Å². The van der Waals surface area contributed by atoms with E-state index in [2.05, 4.69) is 4.72 Å². The fraction of sp³-hybridized carbons (Fsp3) is 0.0556. The average Bonchev–Trinajstić information content (AvgIpc) is 2.59. The average molecular weight is 410 g/mol. The van der Waals surface area contributed by atoms with Gasteiger partial charge in [0.1, 0.15) is 0 Å². The molecule has 0 fully saturated rings. The number of benzene rings is 3. The predicted octanol–water partition coefficient (Wildman–Crippen LogP) is 4.73. The molecule has 0 heterocycles. The first-order chi connectivity index (χ1) is 12.3. The molecular weight excluding hydrogens is 397 g/mol. The third kappa shape index (κ3) is 3.93. The number of esters is 1. The van der Waals surface area contributed by atoms with Gasteiger partial charge >= 0.3 is 5.97 Å². The van der Waals surface area contributed by atoms with Crippen molar-refractivity contribution in [2.24, 2.45) is 0 Å². The van der Waals surface area contributed by atoms with Crippen LogP contribution in [0.2, 0.25) is 10.0 Å². The first-order valence-corrected chi connectivity index (χ1v) is 9.63. The molecule has 0 unspecified atom stereocenters. The van der Waals surface area contributed by atoms with Gasteiger partial charge in [-0.2, -0.15) is 0 Å². The number of fused-ring (bicyclic) bond motifs is 1. The summed E-state index contributed by atoms with van der Waals surface area (Å²) in [5, 5.41) is 1.99. The lowest BCUT2D eigenvalue weighted by Crippen LogP contribution is -2.13. The van der Waals surface area contributed by atoms with Crippen LogP contribution < -0.4 is 4.72 Å². The van der Waals surface area contributed by atoms with Crippen LogP contribution in [0.3, 0.4) is 0 Å². The zero-order valence-electron chi connectivity index (χ0n) is 13.5. The summed E-state index contributed by atoms with van der Waals surface area (Å²) in [6, 6.07) is 14.1. The Balaban J connectivity index is 1.98. The molecular formula is C18H13Cl2NO4S. The molecule has 3 rings (SSSR count). The topological polar surface area (TPSA) is 72.5 Å². The number of sulfonamides is 1. The lowest BCUT2D eigenvalue weighted by atomic mass is 10.1. The maximum atomic E-state index is 12.6. The van der Waals surface area contributed by atoms with Crippen LogP contribution in [-0.2, 0) is 14.8 Å². The van der Waals surface area contributed by atoms with Crippen LogP contribution in [0.25, 0.3) is 10.8 Å². The third-order valence-corrected chi connectivity index (χ3v) is 5.46. The number of halogens is 2. The minimum Gasteiger partial charge on any atom is -0.465 e. The van der Waals surface area contributed by atoms with Crippen molar-refractivity contribution in [3.8, 4) is 0 Å². The summed E-state index contributed by atoms with van der Waals surface area (Å²) in [6.07, 6.45) is 0. The van der Waals surface area contributed by atoms with Crippen LogP contribution in [0.1, 0.15) is 10.4 Å². The molecule has 0 saturated carbocycles. The van der Waals surface area contributed by atoms with Crippen molar-refractivity contribution in [3.05, 3.63) is 70.2 Å². The van der Waals surface area contributed by atoms with Gasteiger partial charge in [-0.25, -0.2) is 13.2 Å². The second-order valence-corrected chi connectivity index (χ2v) is 8.03. The molecule has 134 valence electrons. The maximum Gasteiger partial charge on any atom is 0.337 e. The van der Waals surface area contributed by atoms with Crippen molar-refractivity contribution in [3.63, 3.8) is 0 Å². The lowest BCUT2D eigenvalue weighted by Gasteiger charge is -2.10. The standard InChI is InChI=1S/C18H13Cl2NO4S/c1-25-18(22)12-3-2-11-4-5-16(7-13(11)6-12)21-26(23,24)17-9-14(19)8-15(20)10-17/h2-10,21H,1H3.